The minimum absolute atomic E-state index is 0.0378. The molecule has 0 radical (unpaired) electrons. The van der Waals surface area contributed by atoms with E-state index in [-0.39, 0.29) is 49.8 Å². The van der Waals surface area contributed by atoms with Crippen LogP contribution in [0.5, 0.6) is 0 Å². The van der Waals surface area contributed by atoms with E-state index in [1.165, 1.54) is 14.2 Å². The maximum Gasteiger partial charge on any atom is 0.317 e. The van der Waals surface area contributed by atoms with E-state index in [2.05, 4.69) is 0 Å². The molecule has 6 heterocycles. The summed E-state index contributed by atoms with van der Waals surface area (Å²) in [6.45, 7) is 3.00. The highest BCUT2D eigenvalue weighted by atomic mass is 16.6. The first-order valence-electron chi connectivity index (χ1n) is 11.7. The van der Waals surface area contributed by atoms with Gasteiger partial charge in [-0.25, -0.2) is 0 Å². The molecule has 0 aliphatic carbocycles. The number of hydrogen-bond acceptors (Lipinski definition) is 10. The van der Waals surface area contributed by atoms with Crippen LogP contribution in [0, 0.1) is 11.8 Å². The number of piperidine rings is 6. The van der Waals surface area contributed by atoms with Crippen LogP contribution in [0.15, 0.2) is 0 Å². The molecule has 10 heteroatoms. The van der Waals surface area contributed by atoms with Crippen molar-refractivity contribution in [1.29, 1.82) is 0 Å². The number of nitrogens with zero attached hydrogens (tertiary/aromatic N) is 2. The highest BCUT2D eigenvalue weighted by Crippen LogP contribution is 2.38. The predicted molar refractivity (Wildman–Crippen MR) is 114 cm³/mol. The Labute approximate surface area is 193 Å². The summed E-state index contributed by atoms with van der Waals surface area (Å²) in [4.78, 5) is 54.8. The first-order valence-corrected chi connectivity index (χ1v) is 11.7. The third-order valence-electron chi connectivity index (χ3n) is 7.86. The van der Waals surface area contributed by atoms with Crippen LogP contribution < -0.4 is 0 Å². The summed E-state index contributed by atoms with van der Waals surface area (Å²) < 4.78 is 21.4. The van der Waals surface area contributed by atoms with Crippen LogP contribution in [0.2, 0.25) is 0 Å². The molecule has 6 saturated heterocycles. The van der Waals surface area contributed by atoms with Gasteiger partial charge in [-0.05, 0) is 25.7 Å². The molecule has 6 aliphatic rings. The summed E-state index contributed by atoms with van der Waals surface area (Å²) in [5, 5.41) is 0. The van der Waals surface area contributed by atoms with E-state index >= 15 is 0 Å². The lowest BCUT2D eigenvalue weighted by molar-refractivity contribution is -0.172. The average Bonchev–Trinajstić information content (AvgIpc) is 2.83. The third kappa shape index (κ3) is 4.34. The Hall–Kier alpha value is -1.88. The molecule has 0 aromatic rings. The standard InChI is InChI=1S/C23H34N2O8/c1-30-12-22(20(28)16-3-7-24(22)8-4-16)14-32-18(26)11-19(27)33-15-23(13-31-2)21(29)17-5-9-25(23)10-6-17/h16-17H,3-15H2,1-2H3. The molecule has 2 unspecified atom stereocenters. The molecule has 0 spiro atoms. The Morgan fingerprint density at radius 2 is 1.09 bits per heavy atom. The summed E-state index contributed by atoms with van der Waals surface area (Å²) in [6, 6.07) is 0. The topological polar surface area (TPSA) is 112 Å². The van der Waals surface area contributed by atoms with E-state index in [4.69, 9.17) is 18.9 Å². The summed E-state index contributed by atoms with van der Waals surface area (Å²) in [5.41, 5.74) is -1.97. The van der Waals surface area contributed by atoms with Crippen LogP contribution in [-0.2, 0) is 38.1 Å². The summed E-state index contributed by atoms with van der Waals surface area (Å²) in [7, 11) is 3.03. The molecule has 33 heavy (non-hydrogen) atoms. The largest absolute Gasteiger partial charge is 0.463 e. The van der Waals surface area contributed by atoms with E-state index in [9.17, 15) is 19.2 Å². The number of ether oxygens (including phenoxy) is 4. The Morgan fingerprint density at radius 3 is 1.39 bits per heavy atom. The van der Waals surface area contributed by atoms with Gasteiger partial charge < -0.3 is 18.9 Å². The number of methoxy groups -OCH3 is 2. The van der Waals surface area contributed by atoms with Gasteiger partial charge in [0.15, 0.2) is 11.6 Å². The lowest BCUT2D eigenvalue weighted by Crippen LogP contribution is -2.69. The number of ketones is 2. The van der Waals surface area contributed by atoms with Gasteiger partial charge in [0, 0.05) is 52.2 Å². The summed E-state index contributed by atoms with van der Waals surface area (Å²) >= 11 is 0. The van der Waals surface area contributed by atoms with Crippen molar-refractivity contribution in [2.75, 3.05) is 66.8 Å². The summed E-state index contributed by atoms with van der Waals surface area (Å²) in [6.07, 6.45) is 2.66. The maximum atomic E-state index is 12.9. The van der Waals surface area contributed by atoms with Crippen molar-refractivity contribution in [2.24, 2.45) is 11.8 Å². The zero-order valence-corrected chi connectivity index (χ0v) is 19.5. The quantitative estimate of drug-likeness (QED) is 0.318. The second-order valence-electron chi connectivity index (χ2n) is 9.68. The molecule has 4 bridgehead atoms. The van der Waals surface area contributed by atoms with Crippen LogP contribution >= 0.6 is 0 Å². The Kier molecular flexibility index (Phi) is 7.18. The number of rotatable bonds is 10. The van der Waals surface area contributed by atoms with Gasteiger partial charge in [-0.15, -0.1) is 0 Å². The van der Waals surface area contributed by atoms with Crippen molar-refractivity contribution in [1.82, 2.24) is 9.80 Å². The van der Waals surface area contributed by atoms with Gasteiger partial charge in [0.25, 0.3) is 0 Å². The number of carbonyl (C=O) groups is 4. The Morgan fingerprint density at radius 1 is 0.727 bits per heavy atom. The second kappa shape index (κ2) is 9.77. The van der Waals surface area contributed by atoms with E-state index in [0.29, 0.717) is 0 Å². The molecule has 6 aliphatic heterocycles. The van der Waals surface area contributed by atoms with Crippen molar-refractivity contribution < 1.29 is 38.1 Å². The molecule has 184 valence electrons. The monoisotopic (exact) mass is 466 g/mol. The molecule has 0 amide bonds. The van der Waals surface area contributed by atoms with E-state index < -0.39 is 29.4 Å². The zero-order chi connectivity index (χ0) is 23.6. The lowest BCUT2D eigenvalue weighted by Gasteiger charge is -2.52. The van der Waals surface area contributed by atoms with Crippen molar-refractivity contribution in [3.63, 3.8) is 0 Å². The highest BCUT2D eigenvalue weighted by Gasteiger charge is 2.55. The van der Waals surface area contributed by atoms with Gasteiger partial charge in [-0.3, -0.25) is 29.0 Å². The fourth-order valence-electron chi connectivity index (χ4n) is 6.04. The smallest absolute Gasteiger partial charge is 0.317 e. The van der Waals surface area contributed by atoms with E-state index in [1.807, 2.05) is 9.80 Å². The third-order valence-corrected chi connectivity index (χ3v) is 7.86. The molecule has 0 aromatic carbocycles. The number of carbonyl (C=O) groups excluding carboxylic acids is 4. The van der Waals surface area contributed by atoms with Gasteiger partial charge in [-0.1, -0.05) is 0 Å². The SMILES string of the molecule is COCC1(COC(=O)CC(=O)OCC2(COC)C(=O)C3CCN2CC3)C(=O)C2CCN1CC2. The fourth-order valence-corrected chi connectivity index (χ4v) is 6.04. The second-order valence-corrected chi connectivity index (χ2v) is 9.68. The molecular weight excluding hydrogens is 432 g/mol. The molecular formula is C23H34N2O8. The van der Waals surface area contributed by atoms with Gasteiger partial charge in [0.1, 0.15) is 30.7 Å². The van der Waals surface area contributed by atoms with Crippen LogP contribution in [0.1, 0.15) is 32.1 Å². The van der Waals surface area contributed by atoms with E-state index in [1.54, 1.807) is 0 Å². The molecule has 6 rings (SSSR count). The molecule has 0 N–H and O–H groups in total. The minimum atomic E-state index is -0.987. The first kappa shape index (κ1) is 24.3. The lowest BCUT2D eigenvalue weighted by atomic mass is 9.74. The number of hydrogen-bond donors (Lipinski definition) is 0. The number of Topliss-reactive ketones (excluding diaryl/α,β-unsaturated/α-hetero) is 2. The van der Waals surface area contributed by atoms with Crippen LogP contribution in [0.3, 0.4) is 0 Å². The fraction of sp³-hybridized carbons (Fsp3) is 0.826. The molecule has 10 nitrogen and oxygen atoms in total. The van der Waals surface area contributed by atoms with Gasteiger partial charge in [-0.2, -0.15) is 0 Å². The van der Waals surface area contributed by atoms with Crippen LogP contribution in [-0.4, -0.2) is 111 Å². The number of fused-ring (bicyclic) bond motifs is 6. The van der Waals surface area contributed by atoms with E-state index in [0.717, 1.165) is 51.9 Å². The Bertz CT molecular complexity index is 723. The van der Waals surface area contributed by atoms with Crippen LogP contribution in [0.25, 0.3) is 0 Å². The normalized spacial score (nSPS) is 37.3. The first-order chi connectivity index (χ1) is 15.9. The molecule has 2 atom stereocenters. The van der Waals surface area contributed by atoms with Gasteiger partial charge >= 0.3 is 11.9 Å². The maximum absolute atomic E-state index is 12.9. The van der Waals surface area contributed by atoms with Crippen molar-refractivity contribution >= 4 is 23.5 Å². The minimum Gasteiger partial charge on any atom is -0.463 e. The predicted octanol–water partition coefficient (Wildman–Crippen LogP) is -0.177. The molecule has 6 fully saturated rings. The van der Waals surface area contributed by atoms with Crippen LogP contribution in [0.4, 0.5) is 0 Å². The molecule has 0 saturated carbocycles. The van der Waals surface area contributed by atoms with Gasteiger partial charge in [0.2, 0.25) is 0 Å². The van der Waals surface area contributed by atoms with Crippen molar-refractivity contribution in [3.8, 4) is 0 Å². The molecule has 0 aromatic heterocycles. The Balaban J connectivity index is 1.32. The van der Waals surface area contributed by atoms with Crippen molar-refractivity contribution in [3.05, 3.63) is 0 Å². The van der Waals surface area contributed by atoms with Gasteiger partial charge in [0.05, 0.1) is 13.2 Å². The van der Waals surface area contributed by atoms with Crippen molar-refractivity contribution in [2.45, 2.75) is 43.2 Å². The number of esters is 2. The summed E-state index contributed by atoms with van der Waals surface area (Å²) in [5.74, 6) is -1.52. The average molecular weight is 467 g/mol. The highest BCUT2D eigenvalue weighted by molar-refractivity contribution is 5.95. The zero-order valence-electron chi connectivity index (χ0n) is 19.5.